The van der Waals surface area contributed by atoms with Crippen LogP contribution in [0, 0.1) is 0 Å². The van der Waals surface area contributed by atoms with Gasteiger partial charge >= 0.3 is 0 Å². The number of halogens is 1. The number of hydrogen-bond acceptors (Lipinski definition) is 6. The number of phenolic OH excluding ortho intramolecular Hbond substituents is 2. The first-order valence-electron chi connectivity index (χ1n) is 8.87. The second-order valence-electron chi connectivity index (χ2n) is 6.23. The van der Waals surface area contributed by atoms with Gasteiger partial charge in [0.1, 0.15) is 18.1 Å². The molecule has 1 amide bonds. The molecule has 8 heteroatoms. The van der Waals surface area contributed by atoms with Crippen molar-refractivity contribution in [2.24, 2.45) is 5.10 Å². The summed E-state index contributed by atoms with van der Waals surface area (Å²) in [5.74, 6) is 0.0531. The van der Waals surface area contributed by atoms with Crippen molar-refractivity contribution < 1.29 is 24.5 Å². The first-order valence-corrected chi connectivity index (χ1v) is 9.66. The molecule has 154 valence electrons. The number of amides is 1. The maximum Gasteiger partial charge on any atom is 0.275 e. The molecule has 3 aromatic rings. The van der Waals surface area contributed by atoms with Gasteiger partial charge in [-0.25, -0.2) is 5.43 Å². The lowest BCUT2D eigenvalue weighted by atomic mass is 10.2. The first kappa shape index (κ1) is 21.2. The van der Waals surface area contributed by atoms with Crippen LogP contribution in [0.5, 0.6) is 23.0 Å². The van der Waals surface area contributed by atoms with Gasteiger partial charge in [-0.05, 0) is 59.7 Å². The largest absolute Gasteiger partial charge is 0.508 e. The highest BCUT2D eigenvalue weighted by atomic mass is 79.9. The third kappa shape index (κ3) is 5.51. The molecule has 0 aromatic heterocycles. The van der Waals surface area contributed by atoms with E-state index in [0.717, 1.165) is 16.1 Å². The molecule has 0 saturated carbocycles. The number of nitrogens with zero attached hydrogens (tertiary/aromatic N) is 1. The summed E-state index contributed by atoms with van der Waals surface area (Å²) in [7, 11) is 1.55. The average Bonchev–Trinajstić information content (AvgIpc) is 2.75. The van der Waals surface area contributed by atoms with Gasteiger partial charge in [-0.1, -0.05) is 28.1 Å². The molecule has 0 aliphatic carbocycles. The number of carbonyl (C=O) groups excluding carboxylic acids is 1. The second kappa shape index (κ2) is 9.80. The lowest BCUT2D eigenvalue weighted by Gasteiger charge is -2.11. The van der Waals surface area contributed by atoms with E-state index in [2.05, 4.69) is 26.5 Å². The summed E-state index contributed by atoms with van der Waals surface area (Å²) in [5.41, 5.74) is 3.89. The Morgan fingerprint density at radius 1 is 1.07 bits per heavy atom. The Kier molecular flexibility index (Phi) is 6.92. The Labute approximate surface area is 181 Å². The molecule has 0 unspecified atom stereocenters. The molecule has 0 radical (unpaired) electrons. The Morgan fingerprint density at radius 2 is 1.83 bits per heavy atom. The predicted molar refractivity (Wildman–Crippen MR) is 116 cm³/mol. The van der Waals surface area contributed by atoms with Gasteiger partial charge in [0, 0.05) is 4.47 Å². The van der Waals surface area contributed by atoms with Gasteiger partial charge in [0.15, 0.2) is 11.5 Å². The van der Waals surface area contributed by atoms with Crippen molar-refractivity contribution in [3.63, 3.8) is 0 Å². The summed E-state index contributed by atoms with van der Waals surface area (Å²) >= 11 is 3.40. The molecule has 0 fully saturated rings. The maximum atomic E-state index is 12.1. The van der Waals surface area contributed by atoms with Crippen molar-refractivity contribution in [3.05, 3.63) is 81.8 Å². The van der Waals surface area contributed by atoms with Crippen LogP contribution < -0.4 is 14.9 Å². The van der Waals surface area contributed by atoms with Crippen LogP contribution >= 0.6 is 15.9 Å². The summed E-state index contributed by atoms with van der Waals surface area (Å²) in [6, 6.07) is 16.7. The monoisotopic (exact) mass is 470 g/mol. The molecular weight excluding hydrogens is 452 g/mol. The highest BCUT2D eigenvalue weighted by Gasteiger charge is 2.11. The van der Waals surface area contributed by atoms with E-state index in [-0.39, 0.29) is 17.1 Å². The molecule has 0 bridgehead atoms. The van der Waals surface area contributed by atoms with Crippen molar-refractivity contribution >= 4 is 28.1 Å². The number of hydrazone groups is 1. The lowest BCUT2D eigenvalue weighted by molar-refractivity contribution is 0.0952. The van der Waals surface area contributed by atoms with Crippen LogP contribution in [-0.2, 0) is 6.61 Å². The van der Waals surface area contributed by atoms with Gasteiger partial charge in [-0.15, -0.1) is 0 Å². The van der Waals surface area contributed by atoms with E-state index >= 15 is 0 Å². The van der Waals surface area contributed by atoms with Crippen molar-refractivity contribution in [1.82, 2.24) is 5.43 Å². The van der Waals surface area contributed by atoms with Crippen molar-refractivity contribution in [2.45, 2.75) is 6.61 Å². The van der Waals surface area contributed by atoms with E-state index in [1.54, 1.807) is 25.3 Å². The average molecular weight is 471 g/mol. The quantitative estimate of drug-likeness (QED) is 0.272. The number of ether oxygens (including phenoxy) is 2. The van der Waals surface area contributed by atoms with Crippen LogP contribution in [0.2, 0.25) is 0 Å². The lowest BCUT2D eigenvalue weighted by Crippen LogP contribution is -2.17. The number of phenols is 2. The van der Waals surface area contributed by atoms with Gasteiger partial charge in [0.25, 0.3) is 5.91 Å². The van der Waals surface area contributed by atoms with E-state index in [0.29, 0.717) is 23.7 Å². The summed E-state index contributed by atoms with van der Waals surface area (Å²) in [6.07, 6.45) is 1.43. The number of nitrogens with one attached hydrogen (secondary N) is 1. The van der Waals surface area contributed by atoms with Crippen molar-refractivity contribution in [3.8, 4) is 23.0 Å². The molecule has 3 rings (SSSR count). The third-order valence-electron chi connectivity index (χ3n) is 4.10. The van der Waals surface area contributed by atoms with Gasteiger partial charge in [-0.3, -0.25) is 4.79 Å². The molecule has 0 atom stereocenters. The van der Waals surface area contributed by atoms with E-state index in [4.69, 9.17) is 9.47 Å². The minimum atomic E-state index is -0.653. The Bertz CT molecular complexity index is 1070. The number of aromatic hydroxyl groups is 2. The number of carbonyl (C=O) groups is 1. The topological polar surface area (TPSA) is 100 Å². The Morgan fingerprint density at radius 3 is 2.57 bits per heavy atom. The van der Waals surface area contributed by atoms with E-state index in [1.807, 2.05) is 24.3 Å². The standard InChI is InChI=1S/C22H19BrN2O5/c1-29-20-9-4-15(10-21(20)30-13-14-2-5-16(23)6-3-14)12-24-25-22(28)18-11-17(26)7-8-19(18)27/h2-12,26-27H,13H2,1H3,(H,25,28)/b24-12+. The summed E-state index contributed by atoms with van der Waals surface area (Å²) in [6.45, 7) is 0.359. The Balaban J connectivity index is 1.68. The fourth-order valence-electron chi connectivity index (χ4n) is 2.56. The molecule has 0 aliphatic rings. The summed E-state index contributed by atoms with van der Waals surface area (Å²) in [4.78, 5) is 12.1. The van der Waals surface area contributed by atoms with Gasteiger partial charge < -0.3 is 19.7 Å². The van der Waals surface area contributed by atoms with Crippen molar-refractivity contribution in [2.75, 3.05) is 7.11 Å². The zero-order chi connectivity index (χ0) is 21.5. The fourth-order valence-corrected chi connectivity index (χ4v) is 2.82. The SMILES string of the molecule is COc1ccc(/C=N/NC(=O)c2cc(O)ccc2O)cc1OCc1ccc(Br)cc1. The molecule has 0 saturated heterocycles. The van der Waals surface area contributed by atoms with Gasteiger partial charge in [-0.2, -0.15) is 5.10 Å². The van der Waals surface area contributed by atoms with Crippen LogP contribution in [0.3, 0.4) is 0 Å². The van der Waals surface area contributed by atoms with E-state index in [1.165, 1.54) is 18.3 Å². The molecular formula is C22H19BrN2O5. The normalized spacial score (nSPS) is 10.7. The zero-order valence-electron chi connectivity index (χ0n) is 16.0. The molecule has 3 aromatic carbocycles. The summed E-state index contributed by atoms with van der Waals surface area (Å²) < 4.78 is 12.2. The van der Waals surface area contributed by atoms with Crippen LogP contribution in [-0.4, -0.2) is 29.4 Å². The summed E-state index contributed by atoms with van der Waals surface area (Å²) in [5, 5.41) is 23.1. The van der Waals surface area contributed by atoms with Gasteiger partial charge in [0.05, 0.1) is 18.9 Å². The number of benzene rings is 3. The molecule has 0 aliphatic heterocycles. The molecule has 0 heterocycles. The van der Waals surface area contributed by atoms with Crippen LogP contribution in [0.25, 0.3) is 0 Å². The predicted octanol–water partition coefficient (Wildman–Crippen LogP) is 4.21. The maximum absolute atomic E-state index is 12.1. The number of rotatable bonds is 7. The zero-order valence-corrected chi connectivity index (χ0v) is 17.6. The highest BCUT2D eigenvalue weighted by Crippen LogP contribution is 2.28. The van der Waals surface area contributed by atoms with Crippen LogP contribution in [0.4, 0.5) is 0 Å². The second-order valence-corrected chi connectivity index (χ2v) is 7.14. The first-order chi connectivity index (χ1) is 14.5. The van der Waals surface area contributed by atoms with Gasteiger partial charge in [0.2, 0.25) is 0 Å². The van der Waals surface area contributed by atoms with Crippen LogP contribution in [0.15, 0.2) is 70.2 Å². The highest BCUT2D eigenvalue weighted by molar-refractivity contribution is 9.10. The Hall–Kier alpha value is -3.52. The van der Waals surface area contributed by atoms with E-state index < -0.39 is 5.91 Å². The minimum Gasteiger partial charge on any atom is -0.508 e. The molecule has 7 nitrogen and oxygen atoms in total. The van der Waals surface area contributed by atoms with Crippen molar-refractivity contribution in [1.29, 1.82) is 0 Å². The smallest absolute Gasteiger partial charge is 0.275 e. The number of hydrogen-bond donors (Lipinski definition) is 3. The minimum absolute atomic E-state index is 0.0830. The number of methoxy groups -OCH3 is 1. The molecule has 0 spiro atoms. The van der Waals surface area contributed by atoms with E-state index in [9.17, 15) is 15.0 Å². The van der Waals surface area contributed by atoms with Crippen LogP contribution in [0.1, 0.15) is 21.5 Å². The fraction of sp³-hybridized carbons (Fsp3) is 0.0909. The molecule has 3 N–H and O–H groups in total. The molecule has 30 heavy (non-hydrogen) atoms. The third-order valence-corrected chi connectivity index (χ3v) is 4.63.